The molecule has 2 aromatic carbocycles. The average Bonchev–Trinajstić information content (AvgIpc) is 2.62. The van der Waals surface area contributed by atoms with Gasteiger partial charge in [-0.3, -0.25) is 14.9 Å². The molecule has 2 rings (SSSR count). The number of carbonyl (C=O) groups is 1. The SMILES string of the molecule is CCN(c1ccc(NC(=O)C=Cc2cccc([N+](=O)[O-])c2)cc1)C(C)C. The topological polar surface area (TPSA) is 75.5 Å². The van der Waals surface area contributed by atoms with Crippen molar-refractivity contribution in [1.29, 1.82) is 0 Å². The van der Waals surface area contributed by atoms with Crippen molar-refractivity contribution < 1.29 is 9.72 Å². The summed E-state index contributed by atoms with van der Waals surface area (Å²) in [6.45, 7) is 7.29. The van der Waals surface area contributed by atoms with Gasteiger partial charge in [-0.05, 0) is 56.7 Å². The van der Waals surface area contributed by atoms with E-state index in [1.165, 1.54) is 18.2 Å². The number of nitro benzene ring substituents is 1. The van der Waals surface area contributed by atoms with Crippen LogP contribution in [0.2, 0.25) is 0 Å². The van der Waals surface area contributed by atoms with Gasteiger partial charge in [0.15, 0.2) is 0 Å². The number of nitrogens with zero attached hydrogens (tertiary/aromatic N) is 2. The summed E-state index contributed by atoms with van der Waals surface area (Å²) in [7, 11) is 0. The van der Waals surface area contributed by atoms with Gasteiger partial charge in [0.1, 0.15) is 0 Å². The zero-order chi connectivity index (χ0) is 19.1. The monoisotopic (exact) mass is 353 g/mol. The number of non-ortho nitro benzene ring substituents is 1. The molecule has 26 heavy (non-hydrogen) atoms. The van der Waals surface area contributed by atoms with Crippen LogP contribution in [0.4, 0.5) is 17.1 Å². The lowest BCUT2D eigenvalue weighted by molar-refractivity contribution is -0.384. The van der Waals surface area contributed by atoms with Gasteiger partial charge in [0.25, 0.3) is 5.69 Å². The van der Waals surface area contributed by atoms with Gasteiger partial charge in [0.05, 0.1) is 4.92 Å². The molecule has 0 aliphatic carbocycles. The summed E-state index contributed by atoms with van der Waals surface area (Å²) in [5, 5.41) is 13.6. The molecule has 0 aliphatic rings. The van der Waals surface area contributed by atoms with Crippen molar-refractivity contribution in [2.75, 3.05) is 16.8 Å². The molecule has 136 valence electrons. The standard InChI is InChI=1S/C20H23N3O3/c1-4-22(15(2)3)18-11-9-17(10-12-18)21-20(24)13-8-16-6-5-7-19(14-16)23(25)26/h5-15H,4H2,1-3H3,(H,21,24). The van der Waals surface area contributed by atoms with E-state index in [1.54, 1.807) is 18.2 Å². The Hall–Kier alpha value is -3.15. The van der Waals surface area contributed by atoms with Crippen molar-refractivity contribution in [3.05, 3.63) is 70.3 Å². The number of nitrogens with one attached hydrogen (secondary N) is 1. The summed E-state index contributed by atoms with van der Waals surface area (Å²) in [5.41, 5.74) is 2.39. The van der Waals surface area contributed by atoms with Crippen LogP contribution in [0.15, 0.2) is 54.6 Å². The molecule has 1 N–H and O–H groups in total. The van der Waals surface area contributed by atoms with Crippen molar-refractivity contribution in [2.24, 2.45) is 0 Å². The molecule has 0 saturated heterocycles. The number of hydrogen-bond acceptors (Lipinski definition) is 4. The molecule has 0 heterocycles. The highest BCUT2D eigenvalue weighted by Crippen LogP contribution is 2.20. The molecule has 0 aliphatic heterocycles. The third-order valence-electron chi connectivity index (χ3n) is 3.94. The predicted molar refractivity (Wildman–Crippen MR) is 105 cm³/mol. The molecule has 0 aromatic heterocycles. The Kier molecular flexibility index (Phi) is 6.49. The second-order valence-electron chi connectivity index (χ2n) is 6.10. The van der Waals surface area contributed by atoms with Gasteiger partial charge in [-0.1, -0.05) is 12.1 Å². The predicted octanol–water partition coefficient (Wildman–Crippen LogP) is 4.48. The Morgan fingerprint density at radius 2 is 1.92 bits per heavy atom. The van der Waals surface area contributed by atoms with Crippen LogP contribution in [-0.4, -0.2) is 23.4 Å². The lowest BCUT2D eigenvalue weighted by Crippen LogP contribution is -2.30. The fraction of sp³-hybridized carbons (Fsp3) is 0.250. The van der Waals surface area contributed by atoms with Gasteiger partial charge >= 0.3 is 0 Å². The summed E-state index contributed by atoms with van der Waals surface area (Å²) in [6.07, 6.45) is 2.91. The van der Waals surface area contributed by atoms with Crippen LogP contribution in [0.1, 0.15) is 26.3 Å². The second-order valence-corrected chi connectivity index (χ2v) is 6.10. The van der Waals surface area contributed by atoms with Crippen LogP contribution in [0, 0.1) is 10.1 Å². The summed E-state index contributed by atoms with van der Waals surface area (Å²) in [6, 6.07) is 14.2. The zero-order valence-electron chi connectivity index (χ0n) is 15.2. The average molecular weight is 353 g/mol. The van der Waals surface area contributed by atoms with Crippen LogP contribution in [0.3, 0.4) is 0 Å². The van der Waals surface area contributed by atoms with Crippen LogP contribution >= 0.6 is 0 Å². The molecule has 2 aromatic rings. The Morgan fingerprint density at radius 1 is 1.23 bits per heavy atom. The van der Waals surface area contributed by atoms with Gasteiger partial charge in [-0.2, -0.15) is 0 Å². The number of rotatable bonds is 7. The van der Waals surface area contributed by atoms with Crippen LogP contribution < -0.4 is 10.2 Å². The Labute approximate surface area is 153 Å². The van der Waals surface area contributed by atoms with Crippen molar-refractivity contribution in [3.63, 3.8) is 0 Å². The summed E-state index contributed by atoms with van der Waals surface area (Å²) in [5.74, 6) is -0.291. The van der Waals surface area contributed by atoms with E-state index in [0.29, 0.717) is 17.3 Å². The van der Waals surface area contributed by atoms with Crippen LogP contribution in [0.25, 0.3) is 6.08 Å². The van der Waals surface area contributed by atoms with Crippen molar-refractivity contribution in [3.8, 4) is 0 Å². The quantitative estimate of drug-likeness (QED) is 0.452. The number of anilines is 2. The first kappa shape index (κ1) is 19.2. The fourth-order valence-corrected chi connectivity index (χ4v) is 2.68. The summed E-state index contributed by atoms with van der Waals surface area (Å²) >= 11 is 0. The number of carbonyl (C=O) groups excluding carboxylic acids is 1. The van der Waals surface area contributed by atoms with Crippen molar-refractivity contribution in [2.45, 2.75) is 26.8 Å². The first-order chi connectivity index (χ1) is 12.4. The summed E-state index contributed by atoms with van der Waals surface area (Å²) in [4.78, 5) is 24.6. The molecule has 0 radical (unpaired) electrons. The minimum atomic E-state index is -0.463. The highest BCUT2D eigenvalue weighted by molar-refractivity contribution is 6.02. The third kappa shape index (κ3) is 5.17. The molecular formula is C20H23N3O3. The molecule has 0 atom stereocenters. The largest absolute Gasteiger partial charge is 0.369 e. The van der Waals surface area contributed by atoms with Gasteiger partial charge in [0.2, 0.25) is 5.91 Å². The van der Waals surface area contributed by atoms with E-state index in [1.807, 2.05) is 24.3 Å². The van der Waals surface area contributed by atoms with Crippen LogP contribution in [0.5, 0.6) is 0 Å². The van der Waals surface area contributed by atoms with E-state index in [0.717, 1.165) is 12.2 Å². The van der Waals surface area contributed by atoms with Gasteiger partial charge < -0.3 is 10.2 Å². The van der Waals surface area contributed by atoms with E-state index in [-0.39, 0.29) is 11.6 Å². The van der Waals surface area contributed by atoms with E-state index < -0.39 is 4.92 Å². The van der Waals surface area contributed by atoms with Crippen molar-refractivity contribution in [1.82, 2.24) is 0 Å². The lowest BCUT2D eigenvalue weighted by atomic mass is 10.2. The minimum Gasteiger partial charge on any atom is -0.369 e. The molecule has 0 bridgehead atoms. The molecule has 0 fully saturated rings. The smallest absolute Gasteiger partial charge is 0.270 e. The number of benzene rings is 2. The molecular weight excluding hydrogens is 330 g/mol. The Bertz CT molecular complexity index is 798. The van der Waals surface area contributed by atoms with E-state index in [2.05, 4.69) is 31.0 Å². The first-order valence-corrected chi connectivity index (χ1v) is 8.51. The maximum Gasteiger partial charge on any atom is 0.270 e. The van der Waals surface area contributed by atoms with Crippen molar-refractivity contribution >= 4 is 29.0 Å². The molecule has 1 amide bonds. The highest BCUT2D eigenvalue weighted by Gasteiger charge is 2.08. The number of hydrogen-bond donors (Lipinski definition) is 1. The fourth-order valence-electron chi connectivity index (χ4n) is 2.68. The van der Waals surface area contributed by atoms with Crippen LogP contribution in [-0.2, 0) is 4.79 Å². The van der Waals surface area contributed by atoms with E-state index in [4.69, 9.17) is 0 Å². The lowest BCUT2D eigenvalue weighted by Gasteiger charge is -2.27. The third-order valence-corrected chi connectivity index (χ3v) is 3.94. The molecule has 6 heteroatoms. The summed E-state index contributed by atoms with van der Waals surface area (Å²) < 4.78 is 0. The minimum absolute atomic E-state index is 0.00576. The Morgan fingerprint density at radius 3 is 2.50 bits per heavy atom. The maximum absolute atomic E-state index is 12.0. The number of nitro groups is 1. The molecule has 0 unspecified atom stereocenters. The highest BCUT2D eigenvalue weighted by atomic mass is 16.6. The van der Waals surface area contributed by atoms with Gasteiger partial charge in [0, 0.05) is 42.2 Å². The maximum atomic E-state index is 12.0. The van der Waals surface area contributed by atoms with E-state index in [9.17, 15) is 14.9 Å². The van der Waals surface area contributed by atoms with Gasteiger partial charge in [-0.15, -0.1) is 0 Å². The molecule has 0 spiro atoms. The zero-order valence-corrected chi connectivity index (χ0v) is 15.2. The number of amides is 1. The normalized spacial score (nSPS) is 10.9. The second kappa shape index (κ2) is 8.80. The molecule has 6 nitrogen and oxygen atoms in total. The molecule has 0 saturated carbocycles. The first-order valence-electron chi connectivity index (χ1n) is 8.51. The van der Waals surface area contributed by atoms with E-state index >= 15 is 0 Å². The Balaban J connectivity index is 2.01. The van der Waals surface area contributed by atoms with Gasteiger partial charge in [-0.25, -0.2) is 0 Å².